The van der Waals surface area contributed by atoms with Gasteiger partial charge in [0.1, 0.15) is 17.9 Å². The summed E-state index contributed by atoms with van der Waals surface area (Å²) in [6.07, 6.45) is 4.81. The van der Waals surface area contributed by atoms with Gasteiger partial charge in [-0.2, -0.15) is 0 Å². The minimum Gasteiger partial charge on any atom is -0.497 e. The minimum atomic E-state index is 0.389. The Bertz CT molecular complexity index is 755. The molecular formula is C17H16N2O4. The largest absolute Gasteiger partial charge is 0.497 e. The molecule has 0 bridgehead atoms. The fraction of sp³-hybridized carbons (Fsp3) is 0.176. The molecule has 0 aliphatic heterocycles. The van der Waals surface area contributed by atoms with Crippen molar-refractivity contribution in [2.75, 3.05) is 14.2 Å². The van der Waals surface area contributed by atoms with Gasteiger partial charge in [0.2, 0.25) is 0 Å². The molecule has 0 radical (unpaired) electrons. The molecule has 23 heavy (non-hydrogen) atoms. The van der Waals surface area contributed by atoms with Crippen molar-refractivity contribution in [3.8, 4) is 28.6 Å². The highest BCUT2D eigenvalue weighted by molar-refractivity contribution is 5.71. The number of benzene rings is 1. The molecule has 3 rings (SSSR count). The number of ether oxygens (including phenoxy) is 3. The maximum Gasteiger partial charge on any atom is 0.174 e. The molecule has 0 amide bonds. The van der Waals surface area contributed by atoms with Crippen LogP contribution in [0.2, 0.25) is 0 Å². The van der Waals surface area contributed by atoms with E-state index in [-0.39, 0.29) is 0 Å². The summed E-state index contributed by atoms with van der Waals surface area (Å²) in [7, 11) is 3.21. The number of nitrogens with zero attached hydrogens (tertiary/aromatic N) is 2. The molecule has 0 atom stereocenters. The van der Waals surface area contributed by atoms with Crippen molar-refractivity contribution in [1.29, 1.82) is 0 Å². The molecule has 0 aliphatic carbocycles. The van der Waals surface area contributed by atoms with Crippen molar-refractivity contribution in [2.24, 2.45) is 0 Å². The fourth-order valence-corrected chi connectivity index (χ4v) is 2.16. The first-order chi connectivity index (χ1) is 11.3. The lowest BCUT2D eigenvalue weighted by Crippen LogP contribution is -1.99. The van der Waals surface area contributed by atoms with Gasteiger partial charge >= 0.3 is 0 Å². The number of rotatable bonds is 6. The van der Waals surface area contributed by atoms with Crippen LogP contribution in [0.25, 0.3) is 11.3 Å². The first kappa shape index (κ1) is 14.9. The van der Waals surface area contributed by atoms with Crippen LogP contribution in [-0.2, 0) is 6.61 Å². The number of pyridine rings is 1. The van der Waals surface area contributed by atoms with Crippen molar-refractivity contribution in [1.82, 2.24) is 10.1 Å². The zero-order valence-electron chi connectivity index (χ0n) is 12.9. The molecule has 0 saturated heterocycles. The second kappa shape index (κ2) is 6.83. The van der Waals surface area contributed by atoms with Gasteiger partial charge in [0, 0.05) is 6.07 Å². The maximum absolute atomic E-state index is 5.89. The van der Waals surface area contributed by atoms with Crippen molar-refractivity contribution in [2.45, 2.75) is 6.61 Å². The van der Waals surface area contributed by atoms with E-state index < -0.39 is 0 Å². The molecule has 0 saturated carbocycles. The standard InChI is InChI=1S/C17H16N2O4/c1-20-13-5-3-12(4-6-13)11-22-16-10-18-9-15(21-2)17(16)14-7-8-19-23-14/h3-10H,11H2,1-2H3. The summed E-state index contributed by atoms with van der Waals surface area (Å²) in [5.74, 6) is 2.50. The van der Waals surface area contributed by atoms with Gasteiger partial charge in [-0.15, -0.1) is 0 Å². The van der Waals surface area contributed by atoms with E-state index in [0.717, 1.165) is 11.3 Å². The Morgan fingerprint density at radius 3 is 2.39 bits per heavy atom. The van der Waals surface area contributed by atoms with Crippen LogP contribution in [0.3, 0.4) is 0 Å². The van der Waals surface area contributed by atoms with Crippen molar-refractivity contribution in [3.05, 3.63) is 54.5 Å². The number of hydrogen-bond donors (Lipinski definition) is 0. The smallest absolute Gasteiger partial charge is 0.174 e. The predicted octanol–water partition coefficient (Wildman–Crippen LogP) is 3.33. The average Bonchev–Trinajstić information content (AvgIpc) is 3.14. The second-order valence-corrected chi connectivity index (χ2v) is 4.73. The molecule has 2 aromatic heterocycles. The van der Waals surface area contributed by atoms with E-state index in [1.54, 1.807) is 38.9 Å². The molecule has 118 valence electrons. The lowest BCUT2D eigenvalue weighted by molar-refractivity contribution is 0.301. The molecule has 0 unspecified atom stereocenters. The van der Waals surface area contributed by atoms with Gasteiger partial charge in [0.25, 0.3) is 0 Å². The third-order valence-corrected chi connectivity index (χ3v) is 3.33. The van der Waals surface area contributed by atoms with Gasteiger partial charge in [-0.1, -0.05) is 17.3 Å². The summed E-state index contributed by atoms with van der Waals surface area (Å²) in [6, 6.07) is 9.42. The van der Waals surface area contributed by atoms with Crippen LogP contribution in [0.15, 0.2) is 53.4 Å². The molecule has 0 aliphatic rings. The summed E-state index contributed by atoms with van der Waals surface area (Å²) in [4.78, 5) is 4.13. The summed E-state index contributed by atoms with van der Waals surface area (Å²) >= 11 is 0. The second-order valence-electron chi connectivity index (χ2n) is 4.73. The molecule has 0 N–H and O–H groups in total. The molecule has 6 heteroatoms. The number of methoxy groups -OCH3 is 2. The normalized spacial score (nSPS) is 10.3. The van der Waals surface area contributed by atoms with Crippen LogP contribution < -0.4 is 14.2 Å². The Hall–Kier alpha value is -3.02. The highest BCUT2D eigenvalue weighted by Crippen LogP contribution is 2.37. The van der Waals surface area contributed by atoms with Crippen molar-refractivity contribution in [3.63, 3.8) is 0 Å². The van der Waals surface area contributed by atoms with Gasteiger partial charge in [0.05, 0.1) is 32.8 Å². The molecule has 1 aromatic carbocycles. The Kier molecular flexibility index (Phi) is 4.42. The van der Waals surface area contributed by atoms with Gasteiger partial charge in [-0.05, 0) is 17.7 Å². The Morgan fingerprint density at radius 2 is 1.74 bits per heavy atom. The van der Waals surface area contributed by atoms with E-state index in [2.05, 4.69) is 10.1 Å². The number of aromatic nitrogens is 2. The maximum atomic E-state index is 5.89. The monoisotopic (exact) mass is 312 g/mol. The van der Waals surface area contributed by atoms with Crippen molar-refractivity contribution >= 4 is 0 Å². The molecule has 0 fully saturated rings. The highest BCUT2D eigenvalue weighted by atomic mass is 16.5. The van der Waals surface area contributed by atoms with Crippen LogP contribution in [0.4, 0.5) is 0 Å². The Morgan fingerprint density at radius 1 is 0.957 bits per heavy atom. The van der Waals surface area contributed by atoms with Crippen LogP contribution in [-0.4, -0.2) is 24.4 Å². The van der Waals surface area contributed by atoms with E-state index in [1.165, 1.54) is 0 Å². The summed E-state index contributed by atoms with van der Waals surface area (Å²) in [5.41, 5.74) is 1.70. The van der Waals surface area contributed by atoms with E-state index in [0.29, 0.717) is 29.4 Å². The molecule has 0 spiro atoms. The lowest BCUT2D eigenvalue weighted by atomic mass is 10.1. The van der Waals surface area contributed by atoms with E-state index in [1.807, 2.05) is 24.3 Å². The summed E-state index contributed by atoms with van der Waals surface area (Å²) in [5, 5.41) is 3.73. The van der Waals surface area contributed by atoms with Gasteiger partial charge < -0.3 is 18.7 Å². The molecule has 6 nitrogen and oxygen atoms in total. The highest BCUT2D eigenvalue weighted by Gasteiger charge is 2.17. The molecular weight excluding hydrogens is 296 g/mol. The van der Waals surface area contributed by atoms with Crippen LogP contribution in [0, 0.1) is 0 Å². The molecule has 3 aromatic rings. The SMILES string of the molecule is COc1ccc(COc2cncc(OC)c2-c2ccno2)cc1. The molecule has 2 heterocycles. The quantitative estimate of drug-likeness (QED) is 0.695. The average molecular weight is 312 g/mol. The minimum absolute atomic E-state index is 0.389. The van der Waals surface area contributed by atoms with Gasteiger partial charge in [-0.3, -0.25) is 4.98 Å². The topological polar surface area (TPSA) is 66.6 Å². The fourth-order valence-electron chi connectivity index (χ4n) is 2.16. The van der Waals surface area contributed by atoms with Crippen LogP contribution in [0.5, 0.6) is 17.2 Å². The van der Waals surface area contributed by atoms with Gasteiger partial charge in [0.15, 0.2) is 17.3 Å². The zero-order chi connectivity index (χ0) is 16.1. The summed E-state index contributed by atoms with van der Waals surface area (Å²) in [6.45, 7) is 0.389. The first-order valence-corrected chi connectivity index (χ1v) is 7.00. The van der Waals surface area contributed by atoms with Gasteiger partial charge in [-0.25, -0.2) is 0 Å². The van der Waals surface area contributed by atoms with Crippen molar-refractivity contribution < 1.29 is 18.7 Å². The van der Waals surface area contributed by atoms with E-state index >= 15 is 0 Å². The predicted molar refractivity (Wildman–Crippen MR) is 83.6 cm³/mol. The Labute approximate surface area is 133 Å². The van der Waals surface area contributed by atoms with Crippen LogP contribution >= 0.6 is 0 Å². The van der Waals surface area contributed by atoms with E-state index in [4.69, 9.17) is 18.7 Å². The Balaban J connectivity index is 1.84. The summed E-state index contributed by atoms with van der Waals surface area (Å²) < 4.78 is 21.6. The third kappa shape index (κ3) is 3.26. The number of hydrogen-bond acceptors (Lipinski definition) is 6. The zero-order valence-corrected chi connectivity index (χ0v) is 12.9. The lowest BCUT2D eigenvalue weighted by Gasteiger charge is -2.12. The van der Waals surface area contributed by atoms with Crippen LogP contribution in [0.1, 0.15) is 5.56 Å². The van der Waals surface area contributed by atoms with E-state index in [9.17, 15) is 0 Å². The first-order valence-electron chi connectivity index (χ1n) is 7.00. The third-order valence-electron chi connectivity index (χ3n) is 3.33.